The van der Waals surface area contributed by atoms with Crippen molar-refractivity contribution in [2.45, 2.75) is 31.7 Å². The Morgan fingerprint density at radius 2 is 2.17 bits per heavy atom. The van der Waals surface area contributed by atoms with Crippen molar-refractivity contribution in [3.05, 3.63) is 41.0 Å². The topological polar surface area (TPSA) is 24.9 Å². The van der Waals surface area contributed by atoms with Gasteiger partial charge in [0.1, 0.15) is 5.15 Å². The lowest BCUT2D eigenvalue weighted by atomic mass is 9.98. The summed E-state index contributed by atoms with van der Waals surface area (Å²) < 4.78 is 0. The third kappa shape index (κ3) is 2.50. The molecule has 1 aliphatic heterocycles. The molecule has 0 bridgehead atoms. The number of fused-ring (bicyclic) bond motifs is 1. The van der Waals surface area contributed by atoms with E-state index in [1.54, 1.807) is 0 Å². The van der Waals surface area contributed by atoms with Gasteiger partial charge in [-0.1, -0.05) is 36.2 Å². The lowest BCUT2D eigenvalue weighted by Gasteiger charge is -2.23. The van der Waals surface area contributed by atoms with E-state index in [1.165, 1.54) is 24.6 Å². The first kappa shape index (κ1) is 11.9. The third-order valence-electron chi connectivity index (χ3n) is 3.63. The quantitative estimate of drug-likeness (QED) is 0.835. The summed E-state index contributed by atoms with van der Waals surface area (Å²) in [7, 11) is 0. The number of rotatable bonds is 2. The van der Waals surface area contributed by atoms with Gasteiger partial charge in [-0.05, 0) is 43.5 Å². The highest BCUT2D eigenvalue weighted by Gasteiger charge is 2.15. The molecular weight excluding hydrogens is 244 g/mol. The number of hydrogen-bond donors (Lipinski definition) is 1. The van der Waals surface area contributed by atoms with E-state index in [0.717, 1.165) is 24.0 Å². The highest BCUT2D eigenvalue weighted by Crippen LogP contribution is 2.23. The second kappa shape index (κ2) is 5.25. The van der Waals surface area contributed by atoms with E-state index in [1.807, 2.05) is 18.2 Å². The van der Waals surface area contributed by atoms with Crippen LogP contribution in [-0.4, -0.2) is 17.6 Å². The highest BCUT2D eigenvalue weighted by molar-refractivity contribution is 6.30. The summed E-state index contributed by atoms with van der Waals surface area (Å²) >= 11 is 6.28. The molecule has 1 aromatic heterocycles. The van der Waals surface area contributed by atoms with Crippen molar-refractivity contribution < 1.29 is 0 Å². The Labute approximate surface area is 112 Å². The fourth-order valence-electron chi connectivity index (χ4n) is 2.64. The number of nitrogens with zero attached hydrogens (tertiary/aromatic N) is 1. The second-order valence-corrected chi connectivity index (χ2v) is 5.34. The van der Waals surface area contributed by atoms with Crippen LogP contribution in [0.3, 0.4) is 0 Å². The first-order valence-corrected chi connectivity index (χ1v) is 6.98. The van der Waals surface area contributed by atoms with Crippen LogP contribution < -0.4 is 5.32 Å². The Morgan fingerprint density at radius 3 is 3.00 bits per heavy atom. The van der Waals surface area contributed by atoms with Gasteiger partial charge in [0, 0.05) is 11.4 Å². The SMILES string of the molecule is Clc1nc2ccccc2cc1CC1CCCCN1. The molecular formula is C15H17ClN2. The number of hydrogen-bond acceptors (Lipinski definition) is 2. The number of piperidine rings is 1. The molecule has 1 saturated heterocycles. The predicted molar refractivity (Wildman–Crippen MR) is 76.1 cm³/mol. The smallest absolute Gasteiger partial charge is 0.133 e. The number of para-hydroxylation sites is 1. The summed E-state index contributed by atoms with van der Waals surface area (Å²) in [5.41, 5.74) is 2.14. The Kier molecular flexibility index (Phi) is 3.48. The van der Waals surface area contributed by atoms with E-state index in [4.69, 9.17) is 11.6 Å². The average Bonchev–Trinajstić information content (AvgIpc) is 2.41. The Morgan fingerprint density at radius 1 is 1.28 bits per heavy atom. The van der Waals surface area contributed by atoms with Crippen molar-refractivity contribution in [3.8, 4) is 0 Å². The predicted octanol–water partition coefficient (Wildman–Crippen LogP) is 3.57. The zero-order valence-electron chi connectivity index (χ0n) is 10.3. The van der Waals surface area contributed by atoms with Gasteiger partial charge in [0.15, 0.2) is 0 Å². The third-order valence-corrected chi connectivity index (χ3v) is 3.96. The van der Waals surface area contributed by atoms with Gasteiger partial charge in [-0.3, -0.25) is 0 Å². The molecule has 3 rings (SSSR count). The molecule has 1 aliphatic rings. The Hall–Kier alpha value is -1.12. The maximum absolute atomic E-state index is 6.28. The van der Waals surface area contributed by atoms with Gasteiger partial charge in [0.05, 0.1) is 5.52 Å². The number of benzene rings is 1. The molecule has 1 unspecified atom stereocenters. The van der Waals surface area contributed by atoms with Gasteiger partial charge in [-0.25, -0.2) is 4.98 Å². The fraction of sp³-hybridized carbons (Fsp3) is 0.400. The molecule has 1 fully saturated rings. The highest BCUT2D eigenvalue weighted by atomic mass is 35.5. The number of nitrogens with one attached hydrogen (secondary N) is 1. The minimum Gasteiger partial charge on any atom is -0.314 e. The summed E-state index contributed by atoms with van der Waals surface area (Å²) in [4.78, 5) is 4.48. The molecule has 0 amide bonds. The lowest BCUT2D eigenvalue weighted by molar-refractivity contribution is 0.399. The molecule has 1 aromatic carbocycles. The van der Waals surface area contributed by atoms with Gasteiger partial charge < -0.3 is 5.32 Å². The van der Waals surface area contributed by atoms with E-state index < -0.39 is 0 Å². The number of aromatic nitrogens is 1. The molecule has 18 heavy (non-hydrogen) atoms. The standard InChI is InChI=1S/C15H17ClN2/c16-15-12(10-13-6-3-4-8-17-13)9-11-5-1-2-7-14(11)18-15/h1-2,5,7,9,13,17H,3-4,6,8,10H2. The molecule has 2 heterocycles. The van der Waals surface area contributed by atoms with E-state index in [0.29, 0.717) is 11.2 Å². The molecule has 1 N–H and O–H groups in total. The monoisotopic (exact) mass is 260 g/mol. The molecule has 1 atom stereocenters. The van der Waals surface area contributed by atoms with Crippen LogP contribution in [0.25, 0.3) is 10.9 Å². The van der Waals surface area contributed by atoms with Crippen LogP contribution in [0.2, 0.25) is 5.15 Å². The Balaban J connectivity index is 1.88. The molecule has 0 spiro atoms. The van der Waals surface area contributed by atoms with Crippen LogP contribution in [0.15, 0.2) is 30.3 Å². The van der Waals surface area contributed by atoms with E-state index in [-0.39, 0.29) is 0 Å². The van der Waals surface area contributed by atoms with Crippen LogP contribution in [0.5, 0.6) is 0 Å². The molecule has 2 aromatic rings. The maximum atomic E-state index is 6.28. The van der Waals surface area contributed by atoms with Gasteiger partial charge in [0.25, 0.3) is 0 Å². The summed E-state index contributed by atoms with van der Waals surface area (Å²) in [6.45, 7) is 1.13. The van der Waals surface area contributed by atoms with Crippen LogP contribution in [0, 0.1) is 0 Å². The first-order chi connectivity index (χ1) is 8.83. The lowest BCUT2D eigenvalue weighted by Crippen LogP contribution is -2.35. The average molecular weight is 261 g/mol. The molecule has 0 radical (unpaired) electrons. The largest absolute Gasteiger partial charge is 0.314 e. The molecule has 94 valence electrons. The normalized spacial score (nSPS) is 20.2. The Bertz CT molecular complexity index is 547. The summed E-state index contributed by atoms with van der Waals surface area (Å²) in [5, 5.41) is 5.38. The van der Waals surface area contributed by atoms with Crippen molar-refractivity contribution in [1.29, 1.82) is 0 Å². The fourth-order valence-corrected chi connectivity index (χ4v) is 2.87. The van der Waals surface area contributed by atoms with Crippen molar-refractivity contribution in [3.63, 3.8) is 0 Å². The van der Waals surface area contributed by atoms with Gasteiger partial charge >= 0.3 is 0 Å². The summed E-state index contributed by atoms with van der Waals surface area (Å²) in [5.74, 6) is 0. The molecule has 0 saturated carbocycles. The van der Waals surface area contributed by atoms with E-state index in [9.17, 15) is 0 Å². The zero-order chi connectivity index (χ0) is 12.4. The van der Waals surface area contributed by atoms with Gasteiger partial charge in [0.2, 0.25) is 0 Å². The van der Waals surface area contributed by atoms with Crippen LogP contribution in [-0.2, 0) is 6.42 Å². The summed E-state index contributed by atoms with van der Waals surface area (Å²) in [6.07, 6.45) is 4.83. The molecule has 3 heteroatoms. The van der Waals surface area contributed by atoms with Crippen molar-refractivity contribution in [2.75, 3.05) is 6.54 Å². The van der Waals surface area contributed by atoms with Gasteiger partial charge in [-0.15, -0.1) is 0 Å². The van der Waals surface area contributed by atoms with Crippen LogP contribution in [0.4, 0.5) is 0 Å². The first-order valence-electron chi connectivity index (χ1n) is 6.60. The van der Waals surface area contributed by atoms with E-state index >= 15 is 0 Å². The minimum absolute atomic E-state index is 0.555. The van der Waals surface area contributed by atoms with Crippen LogP contribution >= 0.6 is 11.6 Å². The number of halogens is 1. The van der Waals surface area contributed by atoms with Gasteiger partial charge in [-0.2, -0.15) is 0 Å². The van der Waals surface area contributed by atoms with Crippen molar-refractivity contribution >= 4 is 22.5 Å². The molecule has 0 aliphatic carbocycles. The second-order valence-electron chi connectivity index (χ2n) is 4.98. The zero-order valence-corrected chi connectivity index (χ0v) is 11.1. The number of pyridine rings is 1. The maximum Gasteiger partial charge on any atom is 0.133 e. The van der Waals surface area contributed by atoms with Crippen molar-refractivity contribution in [1.82, 2.24) is 10.3 Å². The minimum atomic E-state index is 0.555. The van der Waals surface area contributed by atoms with Crippen LogP contribution in [0.1, 0.15) is 24.8 Å². The van der Waals surface area contributed by atoms with Crippen molar-refractivity contribution in [2.24, 2.45) is 0 Å². The molecule has 2 nitrogen and oxygen atoms in total. The summed E-state index contributed by atoms with van der Waals surface area (Å²) in [6, 6.07) is 10.9. The van der Waals surface area contributed by atoms with E-state index in [2.05, 4.69) is 22.4 Å².